The molecular weight excluding hydrogens is 294 g/mol. The van der Waals surface area contributed by atoms with E-state index in [1.807, 2.05) is 11.8 Å². The number of carbonyl (C=O) groups excluding carboxylic acids is 1. The maximum atomic E-state index is 12.5. The van der Waals surface area contributed by atoms with Gasteiger partial charge in [0.25, 0.3) is 0 Å². The minimum atomic E-state index is -0.0694. The summed E-state index contributed by atoms with van der Waals surface area (Å²) < 4.78 is 6.96. The Bertz CT molecular complexity index is 543. The van der Waals surface area contributed by atoms with Crippen LogP contribution in [-0.4, -0.2) is 65.9 Å². The molecule has 1 N–H and O–H groups in total. The summed E-state index contributed by atoms with van der Waals surface area (Å²) in [6.07, 6.45) is 2.22. The molecule has 2 rings (SSSR count). The van der Waals surface area contributed by atoms with Gasteiger partial charge in [0.2, 0.25) is 5.88 Å². The van der Waals surface area contributed by atoms with Crippen molar-refractivity contribution in [1.29, 1.82) is 0 Å². The van der Waals surface area contributed by atoms with Crippen molar-refractivity contribution in [2.75, 3.05) is 45.7 Å². The minimum Gasteiger partial charge on any atom is -0.480 e. The van der Waals surface area contributed by atoms with Gasteiger partial charge in [-0.15, -0.1) is 0 Å². The van der Waals surface area contributed by atoms with Gasteiger partial charge in [0.05, 0.1) is 12.8 Å². The third-order valence-corrected chi connectivity index (χ3v) is 4.34. The lowest BCUT2D eigenvalue weighted by molar-refractivity contribution is 0.217. The fraction of sp³-hybridized carbons (Fsp3) is 0.750. The Morgan fingerprint density at radius 3 is 2.91 bits per heavy atom. The molecule has 2 heterocycles. The smallest absolute Gasteiger partial charge is 0.322 e. The van der Waals surface area contributed by atoms with Gasteiger partial charge in [-0.3, -0.25) is 0 Å². The van der Waals surface area contributed by atoms with Crippen LogP contribution in [0.3, 0.4) is 0 Å². The first-order valence-electron chi connectivity index (χ1n) is 8.28. The van der Waals surface area contributed by atoms with Gasteiger partial charge in [-0.2, -0.15) is 5.10 Å². The summed E-state index contributed by atoms with van der Waals surface area (Å²) in [5, 5.41) is 7.24. The normalized spacial score (nSPS) is 17.8. The number of hydrogen-bond donors (Lipinski definition) is 1. The molecule has 23 heavy (non-hydrogen) atoms. The van der Waals surface area contributed by atoms with Crippen molar-refractivity contribution in [1.82, 2.24) is 19.6 Å². The third kappa shape index (κ3) is 4.16. The molecule has 2 amide bonds. The van der Waals surface area contributed by atoms with Crippen molar-refractivity contribution in [3.05, 3.63) is 5.69 Å². The standard InChI is InChI=1S/C16H29N5O2/c1-6-8-19(3)10-13-7-9-21(11-13)16(22)17-14-12(2)18-20(4)15(14)23-5/h13H,6-11H2,1-5H3,(H,17,22)/t13-/m1/s1. The Morgan fingerprint density at radius 1 is 1.52 bits per heavy atom. The van der Waals surface area contributed by atoms with Crippen molar-refractivity contribution >= 4 is 11.7 Å². The zero-order valence-electron chi connectivity index (χ0n) is 14.9. The van der Waals surface area contributed by atoms with Crippen LogP contribution < -0.4 is 10.1 Å². The number of amides is 2. The van der Waals surface area contributed by atoms with E-state index in [1.54, 1.807) is 18.8 Å². The van der Waals surface area contributed by atoms with Crippen molar-refractivity contribution in [3.8, 4) is 5.88 Å². The van der Waals surface area contributed by atoms with E-state index in [9.17, 15) is 4.79 Å². The summed E-state index contributed by atoms with van der Waals surface area (Å²) in [4.78, 5) is 16.7. The Morgan fingerprint density at radius 2 is 2.26 bits per heavy atom. The quantitative estimate of drug-likeness (QED) is 0.869. The van der Waals surface area contributed by atoms with Gasteiger partial charge in [-0.25, -0.2) is 9.48 Å². The first-order valence-corrected chi connectivity index (χ1v) is 8.28. The summed E-state index contributed by atoms with van der Waals surface area (Å²) in [5.74, 6) is 1.13. The highest BCUT2D eigenvalue weighted by Crippen LogP contribution is 2.28. The number of urea groups is 1. The summed E-state index contributed by atoms with van der Waals surface area (Å²) in [5.41, 5.74) is 1.42. The minimum absolute atomic E-state index is 0.0694. The Labute approximate surface area is 138 Å². The average molecular weight is 323 g/mol. The zero-order valence-corrected chi connectivity index (χ0v) is 14.9. The van der Waals surface area contributed by atoms with Crippen LogP contribution >= 0.6 is 0 Å². The lowest BCUT2D eigenvalue weighted by atomic mass is 10.1. The number of rotatable bonds is 6. The van der Waals surface area contributed by atoms with E-state index in [4.69, 9.17) is 4.74 Å². The third-order valence-electron chi connectivity index (χ3n) is 4.34. The summed E-state index contributed by atoms with van der Waals surface area (Å²) in [6.45, 7) is 7.82. The predicted octanol–water partition coefficient (Wildman–Crippen LogP) is 1.93. The van der Waals surface area contributed by atoms with E-state index in [1.165, 1.54) is 0 Å². The number of likely N-dealkylation sites (tertiary alicyclic amines) is 1. The van der Waals surface area contributed by atoms with Crippen LogP contribution in [-0.2, 0) is 7.05 Å². The van der Waals surface area contributed by atoms with E-state index in [-0.39, 0.29) is 6.03 Å². The average Bonchev–Trinajstić information content (AvgIpc) is 3.04. The Hall–Kier alpha value is -1.76. The van der Waals surface area contributed by atoms with Crippen LogP contribution in [0, 0.1) is 12.8 Å². The van der Waals surface area contributed by atoms with Crippen LogP contribution in [0.5, 0.6) is 5.88 Å². The molecule has 1 aromatic heterocycles. The number of aromatic nitrogens is 2. The van der Waals surface area contributed by atoms with E-state index in [0.717, 1.165) is 44.7 Å². The number of carbonyl (C=O) groups is 1. The molecule has 0 spiro atoms. The van der Waals surface area contributed by atoms with Gasteiger partial charge in [-0.1, -0.05) is 6.92 Å². The van der Waals surface area contributed by atoms with Gasteiger partial charge in [0, 0.05) is 26.7 Å². The summed E-state index contributed by atoms with van der Waals surface area (Å²) in [7, 11) is 5.54. The number of nitrogens with one attached hydrogen (secondary N) is 1. The van der Waals surface area contributed by atoms with Crippen LogP contribution in [0.4, 0.5) is 10.5 Å². The van der Waals surface area contributed by atoms with Crippen LogP contribution in [0.15, 0.2) is 0 Å². The molecule has 0 radical (unpaired) electrons. The van der Waals surface area contributed by atoms with Crippen LogP contribution in [0.25, 0.3) is 0 Å². The maximum absolute atomic E-state index is 12.5. The lowest BCUT2D eigenvalue weighted by Crippen LogP contribution is -2.34. The van der Waals surface area contributed by atoms with E-state index in [0.29, 0.717) is 17.5 Å². The van der Waals surface area contributed by atoms with E-state index < -0.39 is 0 Å². The molecule has 1 atom stereocenters. The van der Waals surface area contributed by atoms with E-state index in [2.05, 4.69) is 29.3 Å². The van der Waals surface area contributed by atoms with Gasteiger partial charge in [0.15, 0.2) is 0 Å². The molecule has 1 aromatic rings. The highest BCUT2D eigenvalue weighted by Gasteiger charge is 2.28. The second kappa shape index (κ2) is 7.68. The molecule has 7 nitrogen and oxygen atoms in total. The largest absolute Gasteiger partial charge is 0.480 e. The molecule has 0 unspecified atom stereocenters. The molecule has 0 aliphatic carbocycles. The molecule has 130 valence electrons. The molecular formula is C16H29N5O2. The van der Waals surface area contributed by atoms with Crippen LogP contribution in [0.2, 0.25) is 0 Å². The maximum Gasteiger partial charge on any atom is 0.322 e. The number of hydrogen-bond acceptors (Lipinski definition) is 4. The van der Waals surface area contributed by atoms with Crippen molar-refractivity contribution in [3.63, 3.8) is 0 Å². The van der Waals surface area contributed by atoms with Gasteiger partial charge < -0.3 is 19.9 Å². The fourth-order valence-corrected chi connectivity index (χ4v) is 3.28. The molecule has 0 saturated carbocycles. The number of aryl methyl sites for hydroxylation is 2. The first kappa shape index (κ1) is 17.6. The SMILES string of the molecule is CCCN(C)C[C@H]1CCN(C(=O)Nc2c(C)nn(C)c2OC)C1. The van der Waals surface area contributed by atoms with Gasteiger partial charge in [0.1, 0.15) is 5.69 Å². The number of nitrogens with zero attached hydrogens (tertiary/aromatic N) is 4. The highest BCUT2D eigenvalue weighted by molar-refractivity contribution is 5.91. The topological polar surface area (TPSA) is 62.6 Å². The Kier molecular flexibility index (Phi) is 5.87. The molecule has 1 fully saturated rings. The number of anilines is 1. The zero-order chi connectivity index (χ0) is 17.0. The molecule has 1 aliphatic heterocycles. The molecule has 1 saturated heterocycles. The van der Waals surface area contributed by atoms with Crippen molar-refractivity contribution < 1.29 is 9.53 Å². The monoisotopic (exact) mass is 323 g/mol. The second-order valence-electron chi connectivity index (χ2n) is 6.39. The van der Waals surface area contributed by atoms with Gasteiger partial charge >= 0.3 is 6.03 Å². The molecule has 1 aliphatic rings. The summed E-state index contributed by atoms with van der Waals surface area (Å²) >= 11 is 0. The first-order chi connectivity index (χ1) is 11.0. The molecule has 0 aromatic carbocycles. The second-order valence-corrected chi connectivity index (χ2v) is 6.39. The van der Waals surface area contributed by atoms with Crippen LogP contribution in [0.1, 0.15) is 25.5 Å². The number of methoxy groups -OCH3 is 1. The highest BCUT2D eigenvalue weighted by atomic mass is 16.5. The lowest BCUT2D eigenvalue weighted by Gasteiger charge is -2.21. The molecule has 7 heteroatoms. The van der Waals surface area contributed by atoms with E-state index >= 15 is 0 Å². The molecule has 0 bridgehead atoms. The van der Waals surface area contributed by atoms with Crippen molar-refractivity contribution in [2.45, 2.75) is 26.7 Å². The van der Waals surface area contributed by atoms with Crippen molar-refractivity contribution in [2.24, 2.45) is 13.0 Å². The predicted molar refractivity (Wildman–Crippen MR) is 91.0 cm³/mol. The van der Waals surface area contributed by atoms with Gasteiger partial charge in [-0.05, 0) is 39.3 Å². The Balaban J connectivity index is 1.93. The fourth-order valence-electron chi connectivity index (χ4n) is 3.28. The summed E-state index contributed by atoms with van der Waals surface area (Å²) in [6, 6.07) is -0.0694. The number of ether oxygens (including phenoxy) is 1.